The van der Waals surface area contributed by atoms with Crippen LogP contribution in [0, 0.1) is 5.82 Å². The summed E-state index contributed by atoms with van der Waals surface area (Å²) in [7, 11) is 0. The number of benzene rings is 2. The number of pyridine rings is 1. The van der Waals surface area contributed by atoms with Crippen LogP contribution in [0.5, 0.6) is 0 Å². The summed E-state index contributed by atoms with van der Waals surface area (Å²) in [6.45, 7) is 7.34. The molecule has 2 amide bonds. The molecule has 8 heteroatoms. The van der Waals surface area contributed by atoms with Crippen molar-refractivity contribution < 1.29 is 18.7 Å². The standard InChI is InChI=1S/C27H29FN4O3/c1-27(2,3)35-26(34)32-15-13-31(14-16-32)24-11-10-20(17-23(24)28)30-25(33)22-9-5-4-8-21(22)19-7-6-12-29-18-19/h4-12,17-18H,13-16H2,1-3H3,(H,30,33). The highest BCUT2D eigenvalue weighted by Crippen LogP contribution is 2.27. The van der Waals surface area contributed by atoms with Crippen molar-refractivity contribution in [2.24, 2.45) is 0 Å². The number of rotatable bonds is 4. The van der Waals surface area contributed by atoms with Crippen molar-refractivity contribution in [3.63, 3.8) is 0 Å². The number of aromatic nitrogens is 1. The summed E-state index contributed by atoms with van der Waals surface area (Å²) in [6.07, 6.45) is 3.01. The van der Waals surface area contributed by atoms with E-state index < -0.39 is 11.4 Å². The third kappa shape index (κ3) is 5.95. The summed E-state index contributed by atoms with van der Waals surface area (Å²) >= 11 is 0. The van der Waals surface area contributed by atoms with Gasteiger partial charge in [-0.05, 0) is 56.7 Å². The molecule has 182 valence electrons. The lowest BCUT2D eigenvalue weighted by molar-refractivity contribution is 0.0240. The first kappa shape index (κ1) is 24.2. The molecule has 0 unspecified atom stereocenters. The van der Waals surface area contributed by atoms with Gasteiger partial charge in [0.15, 0.2) is 0 Å². The fourth-order valence-corrected chi connectivity index (χ4v) is 3.95. The predicted molar refractivity (Wildman–Crippen MR) is 134 cm³/mol. The predicted octanol–water partition coefficient (Wildman–Crippen LogP) is 5.20. The second-order valence-corrected chi connectivity index (χ2v) is 9.36. The highest BCUT2D eigenvalue weighted by molar-refractivity contribution is 6.08. The first-order valence-electron chi connectivity index (χ1n) is 11.5. The van der Waals surface area contributed by atoms with Gasteiger partial charge in [0.1, 0.15) is 11.4 Å². The Bertz CT molecular complexity index is 1200. The van der Waals surface area contributed by atoms with Crippen molar-refractivity contribution in [2.45, 2.75) is 26.4 Å². The molecule has 0 saturated carbocycles. The fraction of sp³-hybridized carbons (Fsp3) is 0.296. The number of carbonyl (C=O) groups excluding carboxylic acids is 2. The van der Waals surface area contributed by atoms with E-state index in [0.29, 0.717) is 43.1 Å². The zero-order chi connectivity index (χ0) is 25.0. The Morgan fingerprint density at radius 1 is 1.00 bits per heavy atom. The molecule has 0 bridgehead atoms. The summed E-state index contributed by atoms with van der Waals surface area (Å²) in [5, 5.41) is 2.80. The fourth-order valence-electron chi connectivity index (χ4n) is 3.95. The molecule has 3 aromatic rings. The maximum absolute atomic E-state index is 15.0. The van der Waals surface area contributed by atoms with Gasteiger partial charge in [-0.2, -0.15) is 0 Å². The van der Waals surface area contributed by atoms with Crippen molar-refractivity contribution in [1.82, 2.24) is 9.88 Å². The summed E-state index contributed by atoms with van der Waals surface area (Å²) in [5.41, 5.74) is 2.29. The van der Waals surface area contributed by atoms with Crippen LogP contribution in [0.4, 0.5) is 20.6 Å². The van der Waals surface area contributed by atoms with Crippen LogP contribution < -0.4 is 10.2 Å². The Kier molecular flexibility index (Phi) is 7.00. The third-order valence-electron chi connectivity index (χ3n) is 5.62. The van der Waals surface area contributed by atoms with E-state index in [0.717, 1.165) is 11.1 Å². The van der Waals surface area contributed by atoms with Crippen molar-refractivity contribution in [1.29, 1.82) is 0 Å². The average molecular weight is 477 g/mol. The molecule has 1 saturated heterocycles. The van der Waals surface area contributed by atoms with Gasteiger partial charge in [-0.25, -0.2) is 9.18 Å². The molecular weight excluding hydrogens is 447 g/mol. The number of ether oxygens (including phenoxy) is 1. The van der Waals surface area contributed by atoms with Gasteiger partial charge >= 0.3 is 6.09 Å². The third-order valence-corrected chi connectivity index (χ3v) is 5.62. The number of nitrogens with one attached hydrogen (secondary N) is 1. The van der Waals surface area contributed by atoms with E-state index in [4.69, 9.17) is 4.74 Å². The molecule has 1 aromatic heterocycles. The Morgan fingerprint density at radius 2 is 1.74 bits per heavy atom. The maximum atomic E-state index is 15.0. The SMILES string of the molecule is CC(C)(C)OC(=O)N1CCN(c2ccc(NC(=O)c3ccccc3-c3cccnc3)cc2F)CC1. The van der Waals surface area contributed by atoms with E-state index in [-0.39, 0.29) is 12.0 Å². The Balaban J connectivity index is 1.42. The van der Waals surface area contributed by atoms with Gasteiger partial charge in [0, 0.05) is 55.4 Å². The first-order valence-corrected chi connectivity index (χ1v) is 11.5. The minimum absolute atomic E-state index is 0.331. The number of nitrogens with zero attached hydrogens (tertiary/aromatic N) is 3. The second-order valence-electron chi connectivity index (χ2n) is 9.36. The van der Waals surface area contributed by atoms with Crippen molar-refractivity contribution in [3.8, 4) is 11.1 Å². The number of anilines is 2. The van der Waals surface area contributed by atoms with Crippen LogP contribution in [0.25, 0.3) is 11.1 Å². The summed E-state index contributed by atoms with van der Waals surface area (Å²) < 4.78 is 20.4. The summed E-state index contributed by atoms with van der Waals surface area (Å²) in [5.74, 6) is -0.767. The lowest BCUT2D eigenvalue weighted by Gasteiger charge is -2.36. The van der Waals surface area contributed by atoms with Crippen LogP contribution in [0.2, 0.25) is 0 Å². The van der Waals surface area contributed by atoms with Crippen LogP contribution in [0.3, 0.4) is 0 Å². The lowest BCUT2D eigenvalue weighted by atomic mass is 10.0. The lowest BCUT2D eigenvalue weighted by Crippen LogP contribution is -2.50. The monoisotopic (exact) mass is 476 g/mol. The van der Waals surface area contributed by atoms with Crippen LogP contribution >= 0.6 is 0 Å². The normalized spacial score (nSPS) is 13.9. The number of halogens is 1. The van der Waals surface area contributed by atoms with E-state index in [1.165, 1.54) is 6.07 Å². The molecule has 1 fully saturated rings. The quantitative estimate of drug-likeness (QED) is 0.561. The Labute approximate surface area is 204 Å². The summed E-state index contributed by atoms with van der Waals surface area (Å²) in [4.78, 5) is 32.9. The van der Waals surface area contributed by atoms with Crippen molar-refractivity contribution >= 4 is 23.4 Å². The van der Waals surface area contributed by atoms with Crippen LogP contribution in [0.15, 0.2) is 67.0 Å². The molecule has 1 aliphatic heterocycles. The van der Waals surface area contributed by atoms with Gasteiger partial charge in [-0.3, -0.25) is 9.78 Å². The smallest absolute Gasteiger partial charge is 0.410 e. The number of hydrogen-bond acceptors (Lipinski definition) is 5. The molecule has 2 heterocycles. The molecule has 0 aliphatic carbocycles. The molecule has 0 spiro atoms. The van der Waals surface area contributed by atoms with E-state index in [2.05, 4.69) is 10.3 Å². The Morgan fingerprint density at radius 3 is 2.40 bits per heavy atom. The van der Waals surface area contributed by atoms with Gasteiger partial charge in [0.2, 0.25) is 0 Å². The van der Waals surface area contributed by atoms with E-state index in [9.17, 15) is 9.59 Å². The molecule has 0 atom stereocenters. The molecule has 7 nitrogen and oxygen atoms in total. The van der Waals surface area contributed by atoms with Gasteiger partial charge < -0.3 is 19.9 Å². The number of carbonyl (C=O) groups is 2. The highest BCUT2D eigenvalue weighted by atomic mass is 19.1. The highest BCUT2D eigenvalue weighted by Gasteiger charge is 2.27. The van der Waals surface area contributed by atoms with Crippen LogP contribution in [-0.2, 0) is 4.74 Å². The average Bonchev–Trinajstić information content (AvgIpc) is 2.84. The van der Waals surface area contributed by atoms with E-state index in [1.54, 1.807) is 41.6 Å². The van der Waals surface area contributed by atoms with Crippen molar-refractivity contribution in [2.75, 3.05) is 36.4 Å². The summed E-state index contributed by atoms with van der Waals surface area (Å²) in [6, 6.07) is 15.6. The van der Waals surface area contributed by atoms with Gasteiger partial charge in [0.25, 0.3) is 5.91 Å². The van der Waals surface area contributed by atoms with E-state index in [1.807, 2.05) is 49.9 Å². The number of piperazine rings is 1. The van der Waals surface area contributed by atoms with Gasteiger partial charge in [0.05, 0.1) is 5.69 Å². The molecular formula is C27H29FN4O3. The van der Waals surface area contributed by atoms with Gasteiger partial charge in [-0.1, -0.05) is 24.3 Å². The maximum Gasteiger partial charge on any atom is 0.410 e. The van der Waals surface area contributed by atoms with Gasteiger partial charge in [-0.15, -0.1) is 0 Å². The van der Waals surface area contributed by atoms with E-state index >= 15 is 4.39 Å². The Hall–Kier alpha value is -3.94. The zero-order valence-electron chi connectivity index (χ0n) is 20.1. The first-order chi connectivity index (χ1) is 16.7. The minimum Gasteiger partial charge on any atom is -0.444 e. The molecule has 1 N–H and O–H groups in total. The number of hydrogen-bond donors (Lipinski definition) is 1. The largest absolute Gasteiger partial charge is 0.444 e. The van der Waals surface area contributed by atoms with Crippen molar-refractivity contribution in [3.05, 3.63) is 78.4 Å². The second kappa shape index (κ2) is 10.1. The van der Waals surface area contributed by atoms with Crippen LogP contribution in [-0.4, -0.2) is 53.7 Å². The molecule has 1 aliphatic rings. The zero-order valence-corrected chi connectivity index (χ0v) is 20.1. The minimum atomic E-state index is -0.556. The molecule has 35 heavy (non-hydrogen) atoms. The molecule has 4 rings (SSSR count). The topological polar surface area (TPSA) is 74.8 Å². The van der Waals surface area contributed by atoms with Crippen LogP contribution in [0.1, 0.15) is 31.1 Å². The number of amides is 2. The molecule has 2 aromatic carbocycles. The molecule has 0 radical (unpaired) electrons.